The maximum atomic E-state index is 11.6. The second-order valence-electron chi connectivity index (χ2n) is 1.93. The van der Waals surface area contributed by atoms with E-state index < -0.39 is 12.2 Å². The molecule has 1 rings (SSSR count). The summed E-state index contributed by atoms with van der Waals surface area (Å²) in [5.41, 5.74) is 0.148. The predicted molar refractivity (Wildman–Crippen MR) is 36.7 cm³/mol. The van der Waals surface area contributed by atoms with Crippen molar-refractivity contribution in [3.63, 3.8) is 0 Å². The van der Waals surface area contributed by atoms with E-state index in [0.29, 0.717) is 0 Å². The zero-order valence-corrected chi connectivity index (χ0v) is 6.17. The molecule has 0 aromatic carbocycles. The first-order valence-electron chi connectivity index (χ1n) is 3.05. The summed E-state index contributed by atoms with van der Waals surface area (Å²) in [4.78, 5) is 6.75. The lowest BCUT2D eigenvalue weighted by atomic mass is 10.5. The molecule has 0 aliphatic carbocycles. The largest absolute Gasteiger partial charge is 0.574 e. The highest BCUT2D eigenvalue weighted by Gasteiger charge is 2.31. The zero-order valence-electron chi connectivity index (χ0n) is 6.17. The minimum absolute atomic E-state index is 0.148. The molecule has 68 valence electrons. The van der Waals surface area contributed by atoms with Crippen LogP contribution in [-0.4, -0.2) is 16.3 Å². The smallest absolute Gasteiger partial charge is 0.386 e. The molecule has 0 unspecified atom stereocenters. The average Bonchev–Trinajstić information content (AvgIpc) is 2.03. The van der Waals surface area contributed by atoms with Crippen LogP contribution in [0.5, 0.6) is 5.88 Å². The first-order valence-corrected chi connectivity index (χ1v) is 3.05. The molecule has 6 heteroatoms. The summed E-state index contributed by atoms with van der Waals surface area (Å²) in [6.07, 6.45) is 1.98. The van der Waals surface area contributed by atoms with Crippen LogP contribution in [0.3, 0.4) is 0 Å². The Morgan fingerprint density at radius 3 is 2.38 bits per heavy atom. The molecule has 1 aromatic heterocycles. The second-order valence-corrected chi connectivity index (χ2v) is 1.93. The van der Waals surface area contributed by atoms with Crippen LogP contribution in [0.25, 0.3) is 0 Å². The summed E-state index contributed by atoms with van der Waals surface area (Å²) < 4.78 is 38.2. The van der Waals surface area contributed by atoms with Gasteiger partial charge < -0.3 is 4.74 Å². The molecule has 0 aliphatic heterocycles. The highest BCUT2D eigenvalue weighted by molar-refractivity contribution is 5.22. The Hall–Kier alpha value is -1.77. The SMILES string of the molecule is C#Cc1cnc(OC(F)(F)F)cn1. The second kappa shape index (κ2) is 3.31. The van der Waals surface area contributed by atoms with Crippen molar-refractivity contribution < 1.29 is 17.9 Å². The molecule has 0 radical (unpaired) electrons. The summed E-state index contributed by atoms with van der Waals surface area (Å²) in [6.45, 7) is 0. The topological polar surface area (TPSA) is 35.0 Å². The Labute approximate surface area is 71.6 Å². The van der Waals surface area contributed by atoms with Gasteiger partial charge in [0.1, 0.15) is 5.69 Å². The molecular weight excluding hydrogens is 185 g/mol. The molecule has 0 saturated heterocycles. The minimum Gasteiger partial charge on any atom is -0.386 e. The fourth-order valence-electron chi connectivity index (χ4n) is 0.562. The third-order valence-corrected chi connectivity index (χ3v) is 0.996. The van der Waals surface area contributed by atoms with Gasteiger partial charge in [-0.2, -0.15) is 0 Å². The standard InChI is InChI=1S/C7H3F3N2O/c1-2-5-3-12-6(4-11-5)13-7(8,9)10/h1,3-4H. The number of rotatable bonds is 1. The molecule has 0 amide bonds. The number of ether oxygens (including phenoxy) is 1. The Bertz CT molecular complexity index is 325. The van der Waals surface area contributed by atoms with E-state index >= 15 is 0 Å². The third-order valence-electron chi connectivity index (χ3n) is 0.996. The lowest BCUT2D eigenvalue weighted by Crippen LogP contribution is -2.18. The van der Waals surface area contributed by atoms with Gasteiger partial charge in [0.2, 0.25) is 5.88 Å². The fraction of sp³-hybridized carbons (Fsp3) is 0.143. The zero-order chi connectivity index (χ0) is 9.90. The molecule has 0 atom stereocenters. The van der Waals surface area contributed by atoms with Crippen LogP contribution < -0.4 is 4.74 Å². The van der Waals surface area contributed by atoms with E-state index in [-0.39, 0.29) is 5.69 Å². The van der Waals surface area contributed by atoms with Crippen LogP contribution in [0.2, 0.25) is 0 Å². The van der Waals surface area contributed by atoms with Crippen molar-refractivity contribution in [2.75, 3.05) is 0 Å². The average molecular weight is 188 g/mol. The molecule has 0 aliphatic rings. The Kier molecular flexibility index (Phi) is 2.37. The molecule has 0 bridgehead atoms. The highest BCUT2D eigenvalue weighted by atomic mass is 19.4. The number of nitrogens with zero attached hydrogens (tertiary/aromatic N) is 2. The van der Waals surface area contributed by atoms with Gasteiger partial charge in [-0.15, -0.1) is 19.6 Å². The van der Waals surface area contributed by atoms with E-state index in [1.807, 2.05) is 0 Å². The molecule has 0 fully saturated rings. The van der Waals surface area contributed by atoms with Gasteiger partial charge in [-0.25, -0.2) is 9.97 Å². The van der Waals surface area contributed by atoms with Crippen molar-refractivity contribution in [3.05, 3.63) is 18.1 Å². The Balaban J connectivity index is 2.77. The van der Waals surface area contributed by atoms with Crippen molar-refractivity contribution in [1.82, 2.24) is 9.97 Å². The van der Waals surface area contributed by atoms with Gasteiger partial charge >= 0.3 is 6.36 Å². The van der Waals surface area contributed by atoms with E-state index in [2.05, 4.69) is 20.6 Å². The van der Waals surface area contributed by atoms with Crippen molar-refractivity contribution in [2.24, 2.45) is 0 Å². The van der Waals surface area contributed by atoms with Crippen LogP contribution in [0.4, 0.5) is 13.2 Å². The van der Waals surface area contributed by atoms with Gasteiger partial charge in [0, 0.05) is 0 Å². The molecule has 0 saturated carbocycles. The normalized spacial score (nSPS) is 10.6. The number of halogens is 3. The van der Waals surface area contributed by atoms with Crippen LogP contribution in [-0.2, 0) is 0 Å². The molecule has 0 spiro atoms. The lowest BCUT2D eigenvalue weighted by Gasteiger charge is -2.06. The number of aromatic nitrogens is 2. The Morgan fingerprint density at radius 1 is 1.31 bits per heavy atom. The predicted octanol–water partition coefficient (Wildman–Crippen LogP) is 1.36. The van der Waals surface area contributed by atoms with Gasteiger partial charge in [-0.3, -0.25) is 0 Å². The van der Waals surface area contributed by atoms with E-state index in [1.165, 1.54) is 0 Å². The molecule has 1 heterocycles. The van der Waals surface area contributed by atoms with Crippen LogP contribution in [0, 0.1) is 12.3 Å². The molecule has 0 N–H and O–H groups in total. The number of hydrogen-bond donors (Lipinski definition) is 0. The lowest BCUT2D eigenvalue weighted by molar-refractivity contribution is -0.276. The molecule has 3 nitrogen and oxygen atoms in total. The van der Waals surface area contributed by atoms with Gasteiger partial charge in [-0.1, -0.05) is 0 Å². The summed E-state index contributed by atoms with van der Waals surface area (Å²) in [5, 5.41) is 0. The van der Waals surface area contributed by atoms with E-state index in [1.54, 1.807) is 0 Å². The van der Waals surface area contributed by atoms with Crippen molar-refractivity contribution in [1.29, 1.82) is 0 Å². The molecule has 13 heavy (non-hydrogen) atoms. The summed E-state index contributed by atoms with van der Waals surface area (Å²) in [6, 6.07) is 0. The van der Waals surface area contributed by atoms with Gasteiger partial charge in [0.25, 0.3) is 0 Å². The monoisotopic (exact) mass is 188 g/mol. The minimum atomic E-state index is -4.76. The number of alkyl halides is 3. The van der Waals surface area contributed by atoms with Crippen LogP contribution >= 0.6 is 0 Å². The van der Waals surface area contributed by atoms with E-state index in [4.69, 9.17) is 6.42 Å². The summed E-state index contributed by atoms with van der Waals surface area (Å²) >= 11 is 0. The summed E-state index contributed by atoms with van der Waals surface area (Å²) in [7, 11) is 0. The number of terminal acetylenes is 1. The Morgan fingerprint density at radius 2 is 2.00 bits per heavy atom. The van der Waals surface area contributed by atoms with Crippen molar-refractivity contribution in [3.8, 4) is 18.2 Å². The quantitative estimate of drug-likeness (QED) is 0.624. The van der Waals surface area contributed by atoms with Crippen molar-refractivity contribution in [2.45, 2.75) is 6.36 Å². The fourth-order valence-corrected chi connectivity index (χ4v) is 0.562. The summed E-state index contributed by atoms with van der Waals surface area (Å²) in [5.74, 6) is 1.47. The first kappa shape index (κ1) is 9.32. The van der Waals surface area contributed by atoms with Gasteiger partial charge in [-0.05, 0) is 5.92 Å². The van der Waals surface area contributed by atoms with Gasteiger partial charge in [0.15, 0.2) is 0 Å². The van der Waals surface area contributed by atoms with Crippen LogP contribution in [0.15, 0.2) is 12.4 Å². The van der Waals surface area contributed by atoms with E-state index in [9.17, 15) is 13.2 Å². The van der Waals surface area contributed by atoms with Crippen LogP contribution in [0.1, 0.15) is 5.69 Å². The van der Waals surface area contributed by atoms with Crippen molar-refractivity contribution >= 4 is 0 Å². The third kappa shape index (κ3) is 2.99. The maximum absolute atomic E-state index is 11.6. The van der Waals surface area contributed by atoms with Gasteiger partial charge in [0.05, 0.1) is 12.4 Å². The first-order chi connectivity index (χ1) is 6.01. The molecule has 1 aromatic rings. The number of hydrogen-bond acceptors (Lipinski definition) is 3. The highest BCUT2D eigenvalue weighted by Crippen LogP contribution is 2.19. The van der Waals surface area contributed by atoms with E-state index in [0.717, 1.165) is 12.4 Å². The molecular formula is C7H3F3N2O. The maximum Gasteiger partial charge on any atom is 0.574 e.